The molecule has 0 aliphatic carbocycles. The molecule has 2 N–H and O–H groups in total. The Morgan fingerprint density at radius 3 is 2.57 bits per heavy atom. The van der Waals surface area contributed by atoms with Gasteiger partial charge in [-0.3, -0.25) is 0 Å². The Balaban J connectivity index is 2.16. The van der Waals surface area contributed by atoms with Crippen LogP contribution in [0.1, 0.15) is 18.1 Å². The summed E-state index contributed by atoms with van der Waals surface area (Å²) in [6.45, 7) is 3.29. The second-order valence-electron chi connectivity index (χ2n) is 4.72. The SMILES string of the molecule is CCNCc1c(F)cccc1Oc1ccc(CCO)cc1. The van der Waals surface area contributed by atoms with Gasteiger partial charge >= 0.3 is 0 Å². The molecule has 0 atom stereocenters. The lowest BCUT2D eigenvalue weighted by atomic mass is 10.1. The molecular formula is C17H20FNO2. The minimum atomic E-state index is -0.273. The molecule has 2 aromatic rings. The van der Waals surface area contributed by atoms with Gasteiger partial charge in [0.25, 0.3) is 0 Å². The second-order valence-corrected chi connectivity index (χ2v) is 4.72. The average Bonchev–Trinajstić information content (AvgIpc) is 2.49. The molecule has 21 heavy (non-hydrogen) atoms. The summed E-state index contributed by atoms with van der Waals surface area (Å²) in [5, 5.41) is 12.0. The molecule has 0 amide bonds. The van der Waals surface area contributed by atoms with E-state index < -0.39 is 0 Å². The molecule has 0 radical (unpaired) electrons. The van der Waals surface area contributed by atoms with Crippen LogP contribution in [0.4, 0.5) is 4.39 Å². The number of benzene rings is 2. The number of aliphatic hydroxyl groups excluding tert-OH is 1. The Hall–Kier alpha value is -1.91. The average molecular weight is 289 g/mol. The number of hydrogen-bond acceptors (Lipinski definition) is 3. The van der Waals surface area contributed by atoms with Crippen molar-refractivity contribution in [1.82, 2.24) is 5.32 Å². The maximum atomic E-state index is 13.9. The Labute approximate surface area is 124 Å². The zero-order chi connectivity index (χ0) is 15.1. The van der Waals surface area contributed by atoms with Crippen molar-refractivity contribution in [1.29, 1.82) is 0 Å². The normalized spacial score (nSPS) is 10.6. The maximum Gasteiger partial charge on any atom is 0.134 e. The highest BCUT2D eigenvalue weighted by atomic mass is 19.1. The Kier molecular flexibility index (Phi) is 5.72. The minimum Gasteiger partial charge on any atom is -0.457 e. The van der Waals surface area contributed by atoms with E-state index >= 15 is 0 Å². The molecule has 0 aliphatic heterocycles. The van der Waals surface area contributed by atoms with E-state index in [4.69, 9.17) is 9.84 Å². The lowest BCUT2D eigenvalue weighted by molar-refractivity contribution is 0.299. The van der Waals surface area contributed by atoms with Crippen LogP contribution in [0, 0.1) is 5.82 Å². The molecule has 2 aromatic carbocycles. The molecule has 0 bridgehead atoms. The maximum absolute atomic E-state index is 13.9. The Bertz CT molecular complexity index is 570. The van der Waals surface area contributed by atoms with Crippen molar-refractivity contribution >= 4 is 0 Å². The van der Waals surface area contributed by atoms with Gasteiger partial charge in [0.05, 0.1) is 0 Å². The first-order valence-electron chi connectivity index (χ1n) is 7.10. The van der Waals surface area contributed by atoms with Crippen LogP contribution in [0.5, 0.6) is 11.5 Å². The molecule has 3 nitrogen and oxygen atoms in total. The van der Waals surface area contributed by atoms with Crippen LogP contribution in [0.3, 0.4) is 0 Å². The van der Waals surface area contributed by atoms with Crippen molar-refractivity contribution in [2.75, 3.05) is 13.2 Å². The van der Waals surface area contributed by atoms with Gasteiger partial charge in [0.1, 0.15) is 17.3 Å². The van der Waals surface area contributed by atoms with Crippen molar-refractivity contribution in [3.63, 3.8) is 0 Å². The molecule has 0 aliphatic rings. The van der Waals surface area contributed by atoms with E-state index in [0.717, 1.165) is 12.1 Å². The fourth-order valence-electron chi connectivity index (χ4n) is 2.04. The number of halogens is 1. The molecule has 0 aromatic heterocycles. The number of ether oxygens (including phenoxy) is 1. The van der Waals surface area contributed by atoms with Crippen molar-refractivity contribution in [2.45, 2.75) is 19.9 Å². The van der Waals surface area contributed by atoms with Gasteiger partial charge in [-0.25, -0.2) is 4.39 Å². The zero-order valence-electron chi connectivity index (χ0n) is 12.1. The van der Waals surface area contributed by atoms with Gasteiger partial charge in [-0.1, -0.05) is 25.1 Å². The lowest BCUT2D eigenvalue weighted by Gasteiger charge is -2.12. The standard InChI is InChI=1S/C17H20FNO2/c1-2-19-12-15-16(18)4-3-5-17(15)21-14-8-6-13(7-9-14)10-11-20/h3-9,19-20H,2,10-12H2,1H3. The predicted octanol–water partition coefficient (Wildman–Crippen LogP) is 3.26. The van der Waals surface area contributed by atoms with Crippen LogP contribution < -0.4 is 10.1 Å². The summed E-state index contributed by atoms with van der Waals surface area (Å²) < 4.78 is 19.7. The third-order valence-corrected chi connectivity index (χ3v) is 3.18. The fraction of sp³-hybridized carbons (Fsp3) is 0.294. The van der Waals surface area contributed by atoms with Gasteiger partial charge < -0.3 is 15.2 Å². The first-order chi connectivity index (χ1) is 10.2. The summed E-state index contributed by atoms with van der Waals surface area (Å²) in [6, 6.07) is 12.3. The molecule has 112 valence electrons. The van der Waals surface area contributed by atoms with Gasteiger partial charge in [-0.15, -0.1) is 0 Å². The molecule has 0 heterocycles. The van der Waals surface area contributed by atoms with E-state index in [1.165, 1.54) is 6.07 Å². The molecule has 0 saturated carbocycles. The van der Waals surface area contributed by atoms with E-state index in [0.29, 0.717) is 30.0 Å². The third-order valence-electron chi connectivity index (χ3n) is 3.18. The first kappa shape index (κ1) is 15.5. The van der Waals surface area contributed by atoms with Crippen LogP contribution in [0.25, 0.3) is 0 Å². The van der Waals surface area contributed by atoms with Gasteiger partial charge in [0.15, 0.2) is 0 Å². The monoisotopic (exact) mass is 289 g/mol. The number of nitrogens with one attached hydrogen (secondary N) is 1. The largest absolute Gasteiger partial charge is 0.457 e. The molecule has 0 unspecified atom stereocenters. The van der Waals surface area contributed by atoms with E-state index in [-0.39, 0.29) is 12.4 Å². The molecular weight excluding hydrogens is 269 g/mol. The lowest BCUT2D eigenvalue weighted by Crippen LogP contribution is -2.13. The first-order valence-corrected chi connectivity index (χ1v) is 7.10. The van der Waals surface area contributed by atoms with E-state index in [2.05, 4.69) is 5.32 Å². The van der Waals surface area contributed by atoms with E-state index in [1.54, 1.807) is 12.1 Å². The van der Waals surface area contributed by atoms with Crippen LogP contribution in [0.15, 0.2) is 42.5 Å². The van der Waals surface area contributed by atoms with Crippen LogP contribution in [0.2, 0.25) is 0 Å². The van der Waals surface area contributed by atoms with Crippen LogP contribution in [-0.4, -0.2) is 18.3 Å². The summed E-state index contributed by atoms with van der Waals surface area (Å²) >= 11 is 0. The summed E-state index contributed by atoms with van der Waals surface area (Å²) in [4.78, 5) is 0. The summed E-state index contributed by atoms with van der Waals surface area (Å²) in [5.74, 6) is 0.899. The summed E-state index contributed by atoms with van der Waals surface area (Å²) in [7, 11) is 0. The zero-order valence-corrected chi connectivity index (χ0v) is 12.1. The molecule has 4 heteroatoms. The van der Waals surface area contributed by atoms with E-state index in [1.807, 2.05) is 31.2 Å². The topological polar surface area (TPSA) is 41.5 Å². The highest BCUT2D eigenvalue weighted by molar-refractivity contribution is 5.39. The van der Waals surface area contributed by atoms with Crippen LogP contribution in [-0.2, 0) is 13.0 Å². The van der Waals surface area contributed by atoms with Gasteiger partial charge in [0, 0.05) is 18.7 Å². The molecule has 2 rings (SSSR count). The van der Waals surface area contributed by atoms with Crippen molar-refractivity contribution < 1.29 is 14.2 Å². The smallest absolute Gasteiger partial charge is 0.134 e. The van der Waals surface area contributed by atoms with Crippen molar-refractivity contribution in [2.24, 2.45) is 0 Å². The highest BCUT2D eigenvalue weighted by Crippen LogP contribution is 2.27. The van der Waals surface area contributed by atoms with Gasteiger partial charge in [0.2, 0.25) is 0 Å². The highest BCUT2D eigenvalue weighted by Gasteiger charge is 2.10. The number of rotatable bonds is 7. The summed E-state index contributed by atoms with van der Waals surface area (Å²) in [6.07, 6.45) is 0.617. The molecule has 0 fully saturated rings. The number of hydrogen-bond donors (Lipinski definition) is 2. The quantitative estimate of drug-likeness (QED) is 0.822. The van der Waals surface area contributed by atoms with E-state index in [9.17, 15) is 4.39 Å². The molecule has 0 saturated heterocycles. The fourth-order valence-corrected chi connectivity index (χ4v) is 2.04. The summed E-state index contributed by atoms with van der Waals surface area (Å²) in [5.41, 5.74) is 1.57. The van der Waals surface area contributed by atoms with Gasteiger partial charge in [-0.2, -0.15) is 0 Å². The minimum absolute atomic E-state index is 0.122. The third kappa shape index (κ3) is 4.28. The van der Waals surface area contributed by atoms with Crippen molar-refractivity contribution in [3.8, 4) is 11.5 Å². The van der Waals surface area contributed by atoms with Crippen LogP contribution >= 0.6 is 0 Å². The second kappa shape index (κ2) is 7.76. The van der Waals surface area contributed by atoms with Gasteiger partial charge in [-0.05, 0) is 42.8 Å². The number of aliphatic hydroxyl groups is 1. The molecule has 0 spiro atoms. The Morgan fingerprint density at radius 1 is 1.14 bits per heavy atom. The van der Waals surface area contributed by atoms with Crippen molar-refractivity contribution in [3.05, 3.63) is 59.4 Å². The Morgan fingerprint density at radius 2 is 1.90 bits per heavy atom. The predicted molar refractivity (Wildman–Crippen MR) is 81.1 cm³/mol.